The van der Waals surface area contributed by atoms with Gasteiger partial charge in [-0.15, -0.1) is 0 Å². The van der Waals surface area contributed by atoms with Gasteiger partial charge in [-0.25, -0.2) is 0 Å². The highest BCUT2D eigenvalue weighted by Gasteiger charge is 2.24. The first kappa shape index (κ1) is 13.4. The third-order valence-corrected chi connectivity index (χ3v) is 4.30. The molecule has 0 radical (unpaired) electrons. The molecule has 0 bridgehead atoms. The van der Waals surface area contributed by atoms with Gasteiger partial charge in [0.25, 0.3) is 0 Å². The quantitative estimate of drug-likeness (QED) is 0.824. The van der Waals surface area contributed by atoms with Gasteiger partial charge in [0, 0.05) is 32.4 Å². The number of ether oxygens (including phenoxy) is 1. The zero-order valence-electron chi connectivity index (χ0n) is 12.0. The van der Waals surface area contributed by atoms with E-state index in [0.717, 1.165) is 44.8 Å². The summed E-state index contributed by atoms with van der Waals surface area (Å²) >= 11 is 0. The second-order valence-corrected chi connectivity index (χ2v) is 5.59. The number of nitrogens with zero attached hydrogens (tertiary/aromatic N) is 3. The van der Waals surface area contributed by atoms with Crippen LogP contribution in [0.25, 0.3) is 0 Å². The fourth-order valence-corrected chi connectivity index (χ4v) is 3.18. The Morgan fingerprint density at radius 3 is 2.80 bits per heavy atom. The molecule has 20 heavy (non-hydrogen) atoms. The Hall–Kier alpha value is -1.57. The molecular formula is C16H21N3O. The highest BCUT2D eigenvalue weighted by Crippen LogP contribution is 2.30. The van der Waals surface area contributed by atoms with E-state index in [2.05, 4.69) is 41.1 Å². The standard InChI is InChI=1S/C16H21N3O/c1-18-6-2-3-13-11-14(4-5-15(13)18)16(12-17)19-7-9-20-10-8-19/h4-5,11,16H,2-3,6-10H2,1H3. The average molecular weight is 271 g/mol. The molecule has 4 nitrogen and oxygen atoms in total. The molecule has 2 aliphatic heterocycles. The summed E-state index contributed by atoms with van der Waals surface area (Å²) < 4.78 is 5.38. The normalized spacial score (nSPS) is 21.1. The lowest BCUT2D eigenvalue weighted by molar-refractivity contribution is 0.0266. The van der Waals surface area contributed by atoms with E-state index in [1.54, 1.807) is 0 Å². The van der Waals surface area contributed by atoms with E-state index < -0.39 is 0 Å². The van der Waals surface area contributed by atoms with E-state index in [1.165, 1.54) is 17.7 Å². The van der Waals surface area contributed by atoms with Crippen molar-refractivity contribution < 1.29 is 4.74 Å². The van der Waals surface area contributed by atoms with Crippen LogP contribution in [0, 0.1) is 11.3 Å². The van der Waals surface area contributed by atoms with Gasteiger partial charge >= 0.3 is 0 Å². The molecule has 1 fully saturated rings. The van der Waals surface area contributed by atoms with Crippen LogP contribution in [-0.2, 0) is 11.2 Å². The molecule has 1 saturated heterocycles. The molecule has 2 heterocycles. The number of anilines is 1. The van der Waals surface area contributed by atoms with Crippen molar-refractivity contribution in [3.05, 3.63) is 29.3 Å². The number of rotatable bonds is 2. The summed E-state index contributed by atoms with van der Waals surface area (Å²) in [5, 5.41) is 9.54. The highest BCUT2D eigenvalue weighted by molar-refractivity contribution is 5.56. The smallest absolute Gasteiger partial charge is 0.124 e. The van der Waals surface area contributed by atoms with Crippen LogP contribution in [0.3, 0.4) is 0 Å². The van der Waals surface area contributed by atoms with E-state index in [1.807, 2.05) is 0 Å². The Morgan fingerprint density at radius 1 is 1.25 bits per heavy atom. The zero-order valence-corrected chi connectivity index (χ0v) is 12.0. The Bertz CT molecular complexity index is 517. The van der Waals surface area contributed by atoms with E-state index in [-0.39, 0.29) is 6.04 Å². The summed E-state index contributed by atoms with van der Waals surface area (Å²) in [7, 11) is 2.14. The maximum atomic E-state index is 9.54. The lowest BCUT2D eigenvalue weighted by Gasteiger charge is -2.32. The van der Waals surface area contributed by atoms with Crippen molar-refractivity contribution in [1.82, 2.24) is 4.90 Å². The molecule has 0 saturated carbocycles. The molecule has 2 aliphatic rings. The third-order valence-electron chi connectivity index (χ3n) is 4.30. The first-order valence-corrected chi connectivity index (χ1v) is 7.35. The van der Waals surface area contributed by atoms with E-state index in [4.69, 9.17) is 4.74 Å². The number of morpholine rings is 1. The highest BCUT2D eigenvalue weighted by atomic mass is 16.5. The van der Waals surface area contributed by atoms with Crippen LogP contribution in [0.5, 0.6) is 0 Å². The Labute approximate surface area is 120 Å². The van der Waals surface area contributed by atoms with Crippen molar-refractivity contribution in [1.29, 1.82) is 5.26 Å². The van der Waals surface area contributed by atoms with Crippen LogP contribution < -0.4 is 4.90 Å². The van der Waals surface area contributed by atoms with Gasteiger partial charge in [-0.3, -0.25) is 4.90 Å². The zero-order chi connectivity index (χ0) is 13.9. The van der Waals surface area contributed by atoms with Gasteiger partial charge in [-0.05, 0) is 30.0 Å². The van der Waals surface area contributed by atoms with Crippen molar-refractivity contribution in [3.63, 3.8) is 0 Å². The topological polar surface area (TPSA) is 39.5 Å². The maximum absolute atomic E-state index is 9.54. The van der Waals surface area contributed by atoms with E-state index >= 15 is 0 Å². The first-order valence-electron chi connectivity index (χ1n) is 7.35. The Kier molecular flexibility index (Phi) is 3.90. The predicted molar refractivity (Wildman–Crippen MR) is 78.8 cm³/mol. The van der Waals surface area contributed by atoms with Gasteiger partial charge < -0.3 is 9.64 Å². The van der Waals surface area contributed by atoms with Crippen molar-refractivity contribution in [2.75, 3.05) is 44.8 Å². The van der Waals surface area contributed by atoms with E-state index in [9.17, 15) is 5.26 Å². The van der Waals surface area contributed by atoms with Gasteiger partial charge in [0.05, 0.1) is 19.3 Å². The summed E-state index contributed by atoms with van der Waals surface area (Å²) in [6.45, 7) is 4.26. The number of fused-ring (bicyclic) bond motifs is 1. The number of hydrogen-bond donors (Lipinski definition) is 0. The first-order chi connectivity index (χ1) is 9.79. The maximum Gasteiger partial charge on any atom is 0.124 e. The van der Waals surface area contributed by atoms with Crippen LogP contribution >= 0.6 is 0 Å². The molecule has 0 aromatic heterocycles. The second-order valence-electron chi connectivity index (χ2n) is 5.59. The van der Waals surface area contributed by atoms with Gasteiger partial charge in [0.2, 0.25) is 0 Å². The molecule has 1 aromatic carbocycles. The van der Waals surface area contributed by atoms with Gasteiger partial charge in [-0.1, -0.05) is 12.1 Å². The van der Waals surface area contributed by atoms with Crippen LogP contribution in [-0.4, -0.2) is 44.8 Å². The molecule has 0 aliphatic carbocycles. The van der Waals surface area contributed by atoms with Gasteiger partial charge in [0.15, 0.2) is 0 Å². The molecule has 0 amide bonds. The number of nitriles is 1. The largest absolute Gasteiger partial charge is 0.379 e. The lowest BCUT2D eigenvalue weighted by atomic mass is 9.96. The monoisotopic (exact) mass is 271 g/mol. The summed E-state index contributed by atoms with van der Waals surface area (Å²) in [5.41, 5.74) is 3.83. The van der Waals surface area contributed by atoms with Crippen LogP contribution in [0.2, 0.25) is 0 Å². The average Bonchev–Trinajstić information content (AvgIpc) is 2.49. The lowest BCUT2D eigenvalue weighted by Crippen LogP contribution is -2.38. The molecule has 1 unspecified atom stereocenters. The second kappa shape index (κ2) is 5.82. The number of benzene rings is 1. The molecule has 1 aromatic rings. The minimum absolute atomic E-state index is 0.142. The SMILES string of the molecule is CN1CCCc2cc(C(C#N)N3CCOCC3)ccc21. The fraction of sp³-hybridized carbons (Fsp3) is 0.562. The Morgan fingerprint density at radius 2 is 2.05 bits per heavy atom. The van der Waals surface area contributed by atoms with Gasteiger partial charge in [-0.2, -0.15) is 5.26 Å². The summed E-state index contributed by atoms with van der Waals surface area (Å²) in [6.07, 6.45) is 2.32. The van der Waals surface area contributed by atoms with Crippen LogP contribution in [0.15, 0.2) is 18.2 Å². The van der Waals surface area contributed by atoms with Crippen LogP contribution in [0.1, 0.15) is 23.6 Å². The predicted octanol–water partition coefficient (Wildman–Crippen LogP) is 1.97. The third kappa shape index (κ3) is 2.52. The minimum atomic E-state index is -0.142. The van der Waals surface area contributed by atoms with Crippen molar-refractivity contribution in [2.24, 2.45) is 0 Å². The number of hydrogen-bond acceptors (Lipinski definition) is 4. The van der Waals surface area contributed by atoms with Crippen molar-refractivity contribution >= 4 is 5.69 Å². The summed E-state index contributed by atoms with van der Waals surface area (Å²) in [4.78, 5) is 4.52. The van der Waals surface area contributed by atoms with Crippen molar-refractivity contribution in [3.8, 4) is 6.07 Å². The molecule has 106 valence electrons. The van der Waals surface area contributed by atoms with Crippen LogP contribution in [0.4, 0.5) is 5.69 Å². The molecule has 3 rings (SSSR count). The molecular weight excluding hydrogens is 250 g/mol. The molecule has 0 spiro atoms. The summed E-state index contributed by atoms with van der Waals surface area (Å²) in [5.74, 6) is 0. The molecule has 0 N–H and O–H groups in total. The minimum Gasteiger partial charge on any atom is -0.379 e. The van der Waals surface area contributed by atoms with E-state index in [0.29, 0.717) is 0 Å². The van der Waals surface area contributed by atoms with Crippen molar-refractivity contribution in [2.45, 2.75) is 18.9 Å². The van der Waals surface area contributed by atoms with Gasteiger partial charge in [0.1, 0.15) is 6.04 Å². The Balaban J connectivity index is 1.87. The summed E-state index contributed by atoms with van der Waals surface area (Å²) in [6, 6.07) is 8.84. The fourth-order valence-electron chi connectivity index (χ4n) is 3.18. The molecule has 4 heteroatoms. The molecule has 1 atom stereocenters. The number of aryl methyl sites for hydroxylation is 1.